The van der Waals surface area contributed by atoms with Gasteiger partial charge in [-0.3, -0.25) is 4.79 Å². The number of nitrogens with zero attached hydrogens (tertiary/aromatic N) is 1. The Labute approximate surface area is 189 Å². The van der Waals surface area contributed by atoms with E-state index in [0.29, 0.717) is 26.9 Å². The Hall–Kier alpha value is -2.81. The van der Waals surface area contributed by atoms with Crippen molar-refractivity contribution in [2.24, 2.45) is 0 Å². The fourth-order valence-electron chi connectivity index (χ4n) is 3.13. The standard InChI is InChI=1S/C22H18ClN3O3S2/c1-15-17(23)10-7-12-18(15)24-21(27)14-30-22-25-19-11-5-6-13-20(19)26(22)31(28,29)16-8-3-2-4-9-16/h2-13H,14H2,1H3,(H,24,27)/p+1. The molecule has 0 saturated carbocycles. The molecule has 1 heterocycles. The van der Waals surface area contributed by atoms with Gasteiger partial charge in [0.15, 0.2) is 11.0 Å². The Morgan fingerprint density at radius 3 is 2.52 bits per heavy atom. The molecule has 0 bridgehead atoms. The van der Waals surface area contributed by atoms with Crippen molar-refractivity contribution in [2.75, 3.05) is 11.1 Å². The van der Waals surface area contributed by atoms with Crippen LogP contribution in [0, 0.1) is 6.92 Å². The van der Waals surface area contributed by atoms with Crippen molar-refractivity contribution in [3.8, 4) is 0 Å². The molecular formula is C22H19ClN3O3S2+. The lowest BCUT2D eigenvalue weighted by molar-refractivity contribution is -0.526. The number of H-pyrrole nitrogens is 1. The van der Waals surface area contributed by atoms with Gasteiger partial charge in [-0.25, -0.2) is 4.98 Å². The van der Waals surface area contributed by atoms with E-state index in [9.17, 15) is 13.2 Å². The Bertz CT molecular complexity index is 1370. The molecule has 2 N–H and O–H groups in total. The van der Waals surface area contributed by atoms with Crippen LogP contribution in [0.5, 0.6) is 0 Å². The van der Waals surface area contributed by atoms with Crippen molar-refractivity contribution in [3.63, 3.8) is 0 Å². The molecule has 0 atom stereocenters. The van der Waals surface area contributed by atoms with Crippen LogP contribution in [0.4, 0.5) is 5.69 Å². The summed E-state index contributed by atoms with van der Waals surface area (Å²) in [7, 11) is -3.86. The molecule has 158 valence electrons. The maximum Gasteiger partial charge on any atom is 0.336 e. The van der Waals surface area contributed by atoms with Crippen LogP contribution in [-0.4, -0.2) is 25.1 Å². The summed E-state index contributed by atoms with van der Waals surface area (Å²) >= 11 is 7.23. The number of nitrogens with one attached hydrogen (secondary N) is 2. The van der Waals surface area contributed by atoms with Crippen molar-refractivity contribution in [2.45, 2.75) is 17.0 Å². The predicted molar refractivity (Wildman–Crippen MR) is 123 cm³/mol. The number of aromatic amines is 1. The first-order chi connectivity index (χ1) is 14.9. The summed E-state index contributed by atoms with van der Waals surface area (Å²) in [5.41, 5.74) is 2.57. The summed E-state index contributed by atoms with van der Waals surface area (Å²) in [5.74, 6) is -0.249. The predicted octanol–water partition coefficient (Wildman–Crippen LogP) is 4.39. The second-order valence-electron chi connectivity index (χ2n) is 6.78. The Kier molecular flexibility index (Phi) is 6.04. The molecule has 3 aromatic carbocycles. The second kappa shape index (κ2) is 8.74. The van der Waals surface area contributed by atoms with Crippen LogP contribution in [-0.2, 0) is 14.8 Å². The zero-order chi connectivity index (χ0) is 22.0. The number of benzene rings is 3. The number of imidazole rings is 1. The van der Waals surface area contributed by atoms with Gasteiger partial charge < -0.3 is 5.32 Å². The molecule has 6 nitrogen and oxygen atoms in total. The molecule has 0 fully saturated rings. The van der Waals surface area contributed by atoms with Crippen molar-refractivity contribution in [1.82, 2.24) is 4.98 Å². The number of aromatic nitrogens is 2. The molecule has 4 aromatic rings. The largest absolute Gasteiger partial charge is 0.336 e. The number of carbonyl (C=O) groups excluding carboxylic acids is 1. The molecular weight excluding hydrogens is 454 g/mol. The van der Waals surface area contributed by atoms with Gasteiger partial charge in [0.05, 0.1) is 5.75 Å². The number of rotatable bonds is 6. The maximum absolute atomic E-state index is 13.4. The summed E-state index contributed by atoms with van der Waals surface area (Å²) in [6.45, 7) is 1.82. The first-order valence-corrected chi connectivity index (χ1v) is 12.2. The Morgan fingerprint density at radius 1 is 1.03 bits per heavy atom. The van der Waals surface area contributed by atoms with Crippen LogP contribution in [0.3, 0.4) is 0 Å². The van der Waals surface area contributed by atoms with Gasteiger partial charge in [-0.1, -0.05) is 48.0 Å². The molecule has 1 amide bonds. The quantitative estimate of drug-likeness (QED) is 0.322. The summed E-state index contributed by atoms with van der Waals surface area (Å²) in [5, 5.41) is 3.74. The van der Waals surface area contributed by atoms with Gasteiger partial charge >= 0.3 is 15.2 Å². The number of para-hydroxylation sites is 2. The molecule has 4 rings (SSSR count). The highest BCUT2D eigenvalue weighted by Crippen LogP contribution is 2.24. The van der Waals surface area contributed by atoms with E-state index in [1.54, 1.807) is 66.7 Å². The first kappa shape index (κ1) is 21.4. The summed E-state index contributed by atoms with van der Waals surface area (Å²) in [4.78, 5) is 15.8. The molecule has 0 unspecified atom stereocenters. The minimum absolute atomic E-state index is 0.0169. The molecule has 0 aliphatic heterocycles. The van der Waals surface area contributed by atoms with Crippen molar-refractivity contribution >= 4 is 56.0 Å². The SMILES string of the molecule is Cc1c(Cl)cccc1NC(=O)CSc1[nH]c2ccccc2[n+]1S(=O)(=O)c1ccccc1. The van der Waals surface area contributed by atoms with Crippen LogP contribution < -0.4 is 9.29 Å². The molecule has 31 heavy (non-hydrogen) atoms. The van der Waals surface area contributed by atoms with E-state index >= 15 is 0 Å². The third-order valence-corrected chi connectivity index (χ3v) is 7.93. The van der Waals surface area contributed by atoms with Crippen LogP contribution in [0.2, 0.25) is 5.02 Å². The maximum atomic E-state index is 13.4. The molecule has 0 aliphatic rings. The number of hydrogen-bond donors (Lipinski definition) is 2. The zero-order valence-corrected chi connectivity index (χ0v) is 18.9. The number of carbonyl (C=O) groups is 1. The van der Waals surface area contributed by atoms with E-state index in [4.69, 9.17) is 11.6 Å². The summed E-state index contributed by atoms with van der Waals surface area (Å²) < 4.78 is 28.0. The van der Waals surface area contributed by atoms with Gasteiger partial charge in [0.25, 0.3) is 0 Å². The minimum atomic E-state index is -3.86. The third kappa shape index (κ3) is 4.32. The fraction of sp³-hybridized carbons (Fsp3) is 0.0909. The molecule has 0 aliphatic carbocycles. The van der Waals surface area contributed by atoms with E-state index in [1.165, 1.54) is 3.97 Å². The zero-order valence-electron chi connectivity index (χ0n) is 16.5. The lowest BCUT2D eigenvalue weighted by Gasteiger charge is -2.09. The highest BCUT2D eigenvalue weighted by Gasteiger charge is 2.31. The number of hydrogen-bond acceptors (Lipinski definition) is 4. The highest BCUT2D eigenvalue weighted by atomic mass is 35.5. The Morgan fingerprint density at radius 2 is 1.74 bits per heavy atom. The van der Waals surface area contributed by atoms with Gasteiger partial charge in [0.1, 0.15) is 4.90 Å². The second-order valence-corrected chi connectivity index (χ2v) is 9.94. The number of thioether (sulfide) groups is 1. The van der Waals surface area contributed by atoms with Crippen LogP contribution in [0.1, 0.15) is 5.56 Å². The molecule has 1 aromatic heterocycles. The van der Waals surface area contributed by atoms with E-state index in [0.717, 1.165) is 17.3 Å². The lowest BCUT2D eigenvalue weighted by Crippen LogP contribution is -2.44. The smallest absolute Gasteiger partial charge is 0.325 e. The monoisotopic (exact) mass is 472 g/mol. The number of amides is 1. The van der Waals surface area contributed by atoms with Gasteiger partial charge in [-0.2, -0.15) is 8.42 Å². The topological polar surface area (TPSA) is 82.9 Å². The number of halogens is 1. The van der Waals surface area contributed by atoms with E-state index in [2.05, 4.69) is 10.3 Å². The third-order valence-electron chi connectivity index (χ3n) is 4.71. The average molecular weight is 473 g/mol. The fourth-order valence-corrected chi connectivity index (χ4v) is 5.88. The van der Waals surface area contributed by atoms with Crippen LogP contribution in [0.15, 0.2) is 82.8 Å². The van der Waals surface area contributed by atoms with Crippen LogP contribution in [0.25, 0.3) is 11.0 Å². The molecule has 0 saturated heterocycles. The highest BCUT2D eigenvalue weighted by molar-refractivity contribution is 8.00. The summed E-state index contributed by atoms with van der Waals surface area (Å²) in [6.07, 6.45) is 0. The van der Waals surface area contributed by atoms with Crippen molar-refractivity contribution in [1.29, 1.82) is 0 Å². The normalized spacial score (nSPS) is 11.5. The first-order valence-electron chi connectivity index (χ1n) is 9.39. The molecule has 0 radical (unpaired) electrons. The van der Waals surface area contributed by atoms with E-state index in [-0.39, 0.29) is 16.6 Å². The van der Waals surface area contributed by atoms with Crippen molar-refractivity contribution < 1.29 is 17.2 Å². The van der Waals surface area contributed by atoms with Gasteiger partial charge in [-0.15, -0.1) is 3.97 Å². The van der Waals surface area contributed by atoms with Crippen LogP contribution >= 0.6 is 23.4 Å². The lowest BCUT2D eigenvalue weighted by atomic mass is 10.2. The van der Waals surface area contributed by atoms with Crippen molar-refractivity contribution in [3.05, 3.63) is 83.4 Å². The van der Waals surface area contributed by atoms with Gasteiger partial charge in [0.2, 0.25) is 5.91 Å². The van der Waals surface area contributed by atoms with E-state index in [1.807, 2.05) is 13.0 Å². The number of anilines is 1. The Balaban J connectivity index is 1.65. The summed E-state index contributed by atoms with van der Waals surface area (Å²) in [6, 6.07) is 20.6. The number of fused-ring (bicyclic) bond motifs is 1. The van der Waals surface area contributed by atoms with Gasteiger partial charge in [0, 0.05) is 10.7 Å². The minimum Gasteiger partial charge on any atom is -0.325 e. The average Bonchev–Trinajstić information content (AvgIpc) is 3.15. The van der Waals surface area contributed by atoms with Gasteiger partial charge in [-0.05, 0) is 60.6 Å². The molecule has 0 spiro atoms. The molecule has 9 heteroatoms. The van der Waals surface area contributed by atoms with E-state index < -0.39 is 10.0 Å².